The molecule has 1 saturated heterocycles. The first-order valence-electron chi connectivity index (χ1n) is 13.2. The van der Waals surface area contributed by atoms with Crippen molar-refractivity contribution in [2.45, 2.75) is 62.9 Å². The summed E-state index contributed by atoms with van der Waals surface area (Å²) in [7, 11) is 0. The fraction of sp³-hybridized carbons (Fsp3) is 0.375. The minimum atomic E-state index is -0.273. The highest BCUT2D eigenvalue weighted by molar-refractivity contribution is 5.58. The number of piperidine rings is 1. The van der Waals surface area contributed by atoms with E-state index < -0.39 is 0 Å². The summed E-state index contributed by atoms with van der Waals surface area (Å²) in [5.41, 5.74) is 4.58. The highest BCUT2D eigenvalue weighted by Crippen LogP contribution is 2.43. The van der Waals surface area contributed by atoms with E-state index in [4.69, 9.17) is 11.3 Å². The average Bonchev–Trinajstić information content (AvgIpc) is 2.94. The van der Waals surface area contributed by atoms with Crippen molar-refractivity contribution >= 4 is 11.8 Å². The van der Waals surface area contributed by atoms with Crippen LogP contribution in [0.3, 0.4) is 0 Å². The number of hydrogen-bond donors (Lipinski definition) is 0. The van der Waals surface area contributed by atoms with Crippen LogP contribution in [-0.4, -0.2) is 18.7 Å². The molecule has 1 spiro atoms. The van der Waals surface area contributed by atoms with Crippen LogP contribution in [0.5, 0.6) is 0 Å². The summed E-state index contributed by atoms with van der Waals surface area (Å²) in [6, 6.07) is 21.7. The Morgan fingerprint density at radius 3 is 2.39 bits per heavy atom. The van der Waals surface area contributed by atoms with Crippen LogP contribution in [0.15, 0.2) is 83.8 Å². The van der Waals surface area contributed by atoms with Crippen LogP contribution in [-0.2, 0) is 4.74 Å². The molecule has 36 heavy (non-hydrogen) atoms. The summed E-state index contributed by atoms with van der Waals surface area (Å²) >= 11 is 0. The van der Waals surface area contributed by atoms with E-state index in [0.717, 1.165) is 55.7 Å². The van der Waals surface area contributed by atoms with E-state index in [1.807, 2.05) is 12.2 Å². The van der Waals surface area contributed by atoms with E-state index in [1.165, 1.54) is 30.5 Å². The van der Waals surface area contributed by atoms with E-state index in [0.29, 0.717) is 12.3 Å². The van der Waals surface area contributed by atoms with Crippen LogP contribution in [0.4, 0.5) is 5.69 Å². The molecule has 0 atom stereocenters. The van der Waals surface area contributed by atoms with Gasteiger partial charge in [0.2, 0.25) is 0 Å². The van der Waals surface area contributed by atoms with Gasteiger partial charge in [-0.2, -0.15) is 0 Å². The first-order valence-corrected chi connectivity index (χ1v) is 13.2. The molecule has 5 rings (SSSR count). The zero-order valence-corrected chi connectivity index (χ0v) is 20.8. The average molecular weight is 476 g/mol. The number of ether oxygens (including phenoxy) is 1. The van der Waals surface area contributed by atoms with Gasteiger partial charge in [0.25, 0.3) is 5.70 Å². The van der Waals surface area contributed by atoms with Crippen molar-refractivity contribution in [3.8, 4) is 6.07 Å². The molecule has 2 aromatic carbocycles. The number of nitriles is 1. The summed E-state index contributed by atoms with van der Waals surface area (Å²) in [5.74, 6) is 1.41. The van der Waals surface area contributed by atoms with Crippen molar-refractivity contribution in [1.82, 2.24) is 0 Å². The molecule has 1 aliphatic carbocycles. The molecule has 182 valence electrons. The summed E-state index contributed by atoms with van der Waals surface area (Å²) in [6.07, 6.45) is 14.4. The Morgan fingerprint density at radius 2 is 1.72 bits per heavy atom. The van der Waals surface area contributed by atoms with E-state index in [-0.39, 0.29) is 11.3 Å². The molecular formula is C32H33N3O. The zero-order valence-electron chi connectivity index (χ0n) is 20.8. The summed E-state index contributed by atoms with van der Waals surface area (Å²) in [6.45, 7) is 9.57. The van der Waals surface area contributed by atoms with E-state index >= 15 is 0 Å². The lowest BCUT2D eigenvalue weighted by atomic mass is 9.78. The Balaban J connectivity index is 1.26. The summed E-state index contributed by atoms with van der Waals surface area (Å²) in [4.78, 5) is 5.96. The molecule has 2 aliphatic heterocycles. The molecule has 1 saturated carbocycles. The lowest BCUT2D eigenvalue weighted by Crippen LogP contribution is -2.37. The van der Waals surface area contributed by atoms with Gasteiger partial charge in [0, 0.05) is 25.2 Å². The molecule has 0 N–H and O–H groups in total. The van der Waals surface area contributed by atoms with Gasteiger partial charge in [0.1, 0.15) is 11.4 Å². The highest BCUT2D eigenvalue weighted by Gasteiger charge is 2.38. The van der Waals surface area contributed by atoms with Crippen LogP contribution < -0.4 is 4.90 Å². The maximum Gasteiger partial charge on any atom is 0.265 e. The lowest BCUT2D eigenvalue weighted by molar-refractivity contribution is -0.0285. The summed E-state index contributed by atoms with van der Waals surface area (Å²) in [5, 5.41) is 9.45. The van der Waals surface area contributed by atoms with Crippen molar-refractivity contribution in [2.24, 2.45) is 0 Å². The van der Waals surface area contributed by atoms with Gasteiger partial charge in [0.15, 0.2) is 0 Å². The van der Waals surface area contributed by atoms with E-state index in [1.54, 1.807) is 0 Å². The monoisotopic (exact) mass is 475 g/mol. The third kappa shape index (κ3) is 5.39. The molecule has 4 nitrogen and oxygen atoms in total. The van der Waals surface area contributed by atoms with Crippen LogP contribution >= 0.6 is 0 Å². The van der Waals surface area contributed by atoms with E-state index in [2.05, 4.69) is 76.5 Å². The second kappa shape index (κ2) is 10.9. The molecule has 4 heteroatoms. The topological polar surface area (TPSA) is 40.6 Å². The third-order valence-corrected chi connectivity index (χ3v) is 7.91. The Kier molecular flexibility index (Phi) is 7.24. The van der Waals surface area contributed by atoms with Gasteiger partial charge in [-0.15, -0.1) is 0 Å². The summed E-state index contributed by atoms with van der Waals surface area (Å²) < 4.78 is 6.49. The van der Waals surface area contributed by atoms with Gasteiger partial charge in [-0.1, -0.05) is 55.0 Å². The molecule has 2 aromatic rings. The second-order valence-electron chi connectivity index (χ2n) is 10.3. The normalized spacial score (nSPS) is 21.4. The van der Waals surface area contributed by atoms with Crippen LogP contribution in [0, 0.1) is 17.9 Å². The Hall–Kier alpha value is -3.76. The molecule has 3 aliphatic rings. The van der Waals surface area contributed by atoms with Gasteiger partial charge >= 0.3 is 0 Å². The Labute approximate surface area is 215 Å². The van der Waals surface area contributed by atoms with Gasteiger partial charge in [-0.3, -0.25) is 0 Å². The highest BCUT2D eigenvalue weighted by atomic mass is 16.5. The fourth-order valence-electron chi connectivity index (χ4n) is 5.93. The van der Waals surface area contributed by atoms with Crippen molar-refractivity contribution < 1.29 is 4.74 Å². The number of allylic oxidation sites excluding steroid dienone is 3. The quantitative estimate of drug-likeness (QED) is 0.335. The molecule has 0 amide bonds. The predicted molar refractivity (Wildman–Crippen MR) is 145 cm³/mol. The smallest absolute Gasteiger partial charge is 0.265 e. The number of nitrogens with zero attached hydrogens (tertiary/aromatic N) is 3. The Bertz CT molecular complexity index is 1210. The second-order valence-corrected chi connectivity index (χ2v) is 10.3. The first kappa shape index (κ1) is 24.0. The number of rotatable bonds is 4. The van der Waals surface area contributed by atoms with E-state index in [9.17, 15) is 5.26 Å². The van der Waals surface area contributed by atoms with Gasteiger partial charge in [-0.05, 0) is 85.4 Å². The SMILES string of the molecule is [C-]#[N+]/C(C#N)=C1C=C(/C=C/c2ccc(N3CCC(c4ccccc4)CC3)cc2)OC2(CCCCC2)C\1. The largest absolute Gasteiger partial charge is 0.487 e. The molecular weight excluding hydrogens is 442 g/mol. The number of hydrogen-bond acceptors (Lipinski definition) is 3. The maximum absolute atomic E-state index is 9.45. The molecule has 2 heterocycles. The fourth-order valence-corrected chi connectivity index (χ4v) is 5.93. The van der Waals surface area contributed by atoms with Crippen molar-refractivity contribution in [1.29, 1.82) is 5.26 Å². The van der Waals surface area contributed by atoms with Gasteiger partial charge in [-0.25, -0.2) is 10.1 Å². The minimum absolute atomic E-state index is 0.189. The van der Waals surface area contributed by atoms with Crippen LogP contribution in [0.1, 0.15) is 68.4 Å². The van der Waals surface area contributed by atoms with Crippen LogP contribution in [0.25, 0.3) is 10.9 Å². The third-order valence-electron chi connectivity index (χ3n) is 7.91. The standard InChI is InChI=1S/C32H33N3O/c1-34-31(24-33)28-22-30(36-32(23-28)18-6-3-7-19-32)15-12-25-10-13-29(14-11-25)35-20-16-27(17-21-35)26-8-4-2-5-9-26/h2,4-5,8-15,22,27H,3,6-7,16-21,23H2/b15-12+,31-28+. The predicted octanol–water partition coefficient (Wildman–Crippen LogP) is 7.79. The zero-order chi connectivity index (χ0) is 24.8. The molecule has 0 bridgehead atoms. The molecule has 0 radical (unpaired) electrons. The first-order chi connectivity index (χ1) is 17.7. The van der Waals surface area contributed by atoms with Crippen molar-refractivity contribution in [2.75, 3.05) is 18.0 Å². The number of anilines is 1. The number of benzene rings is 2. The van der Waals surface area contributed by atoms with Crippen molar-refractivity contribution in [3.63, 3.8) is 0 Å². The van der Waals surface area contributed by atoms with Gasteiger partial charge in [0.05, 0.1) is 12.6 Å². The minimum Gasteiger partial charge on any atom is -0.487 e. The lowest BCUT2D eigenvalue weighted by Gasteiger charge is -2.41. The maximum atomic E-state index is 9.45. The van der Waals surface area contributed by atoms with Crippen LogP contribution in [0.2, 0.25) is 0 Å². The van der Waals surface area contributed by atoms with Gasteiger partial charge < -0.3 is 9.64 Å². The Morgan fingerprint density at radius 1 is 1.00 bits per heavy atom. The molecule has 0 unspecified atom stereocenters. The molecule has 0 aromatic heterocycles. The van der Waals surface area contributed by atoms with Crippen molar-refractivity contribution in [3.05, 3.63) is 106 Å². The molecule has 2 fully saturated rings.